The van der Waals surface area contributed by atoms with Gasteiger partial charge in [0.15, 0.2) is 5.78 Å². The highest BCUT2D eigenvalue weighted by Gasteiger charge is 2.11. The third-order valence-corrected chi connectivity index (χ3v) is 3.49. The lowest BCUT2D eigenvalue weighted by atomic mass is 9.93. The van der Waals surface area contributed by atoms with Crippen molar-refractivity contribution in [2.75, 3.05) is 0 Å². The number of allylic oxidation sites excluding steroid dienone is 2. The molecule has 16 heavy (non-hydrogen) atoms. The second kappa shape index (κ2) is 4.91. The summed E-state index contributed by atoms with van der Waals surface area (Å²) in [7, 11) is 0. The molecule has 0 unspecified atom stereocenters. The Balaban J connectivity index is 2.20. The number of hydrogen-bond donors (Lipinski definition) is 0. The number of rotatable bonds is 2. The Hall–Kier alpha value is -0.960. The van der Waals surface area contributed by atoms with Crippen LogP contribution in [0.25, 0.3) is 0 Å². The van der Waals surface area contributed by atoms with E-state index in [1.165, 1.54) is 12.1 Å². The first kappa shape index (κ1) is 11.5. The van der Waals surface area contributed by atoms with Crippen LogP contribution in [-0.2, 0) is 11.2 Å². The van der Waals surface area contributed by atoms with E-state index < -0.39 is 0 Å². The maximum absolute atomic E-state index is 13.1. The zero-order valence-corrected chi connectivity index (χ0v) is 10.4. The van der Waals surface area contributed by atoms with Crippen LogP contribution in [0.2, 0.25) is 0 Å². The molecule has 0 spiro atoms. The van der Waals surface area contributed by atoms with Gasteiger partial charge in [0.2, 0.25) is 0 Å². The first-order chi connectivity index (χ1) is 7.65. The molecule has 0 heterocycles. The quantitative estimate of drug-likeness (QED) is 0.806. The highest BCUT2D eigenvalue weighted by Crippen LogP contribution is 2.24. The van der Waals surface area contributed by atoms with Crippen molar-refractivity contribution in [3.05, 3.63) is 45.7 Å². The predicted molar refractivity (Wildman–Crippen MR) is 64.7 cm³/mol. The number of carbonyl (C=O) groups excluding carboxylic acids is 1. The first-order valence-electron chi connectivity index (χ1n) is 5.31. The van der Waals surface area contributed by atoms with E-state index >= 15 is 0 Å². The van der Waals surface area contributed by atoms with Crippen LogP contribution in [0.15, 0.2) is 34.3 Å². The molecule has 0 amide bonds. The molecule has 0 bridgehead atoms. The minimum atomic E-state index is -0.235. The van der Waals surface area contributed by atoms with Crippen LogP contribution in [0.5, 0.6) is 0 Å². The summed E-state index contributed by atoms with van der Waals surface area (Å²) in [6.45, 7) is 0. The van der Waals surface area contributed by atoms with Crippen molar-refractivity contribution in [1.82, 2.24) is 0 Å². The van der Waals surface area contributed by atoms with Gasteiger partial charge in [0, 0.05) is 10.9 Å². The zero-order chi connectivity index (χ0) is 11.5. The highest BCUT2D eigenvalue weighted by atomic mass is 79.9. The molecule has 0 fully saturated rings. The van der Waals surface area contributed by atoms with E-state index in [9.17, 15) is 9.18 Å². The standard InChI is InChI=1S/C13H12BrFO/c14-13-5-4-11(15)8-10(13)6-9-2-1-3-12(16)7-9/h4-5,7-8H,1-3,6H2. The summed E-state index contributed by atoms with van der Waals surface area (Å²) in [4.78, 5) is 11.3. The van der Waals surface area contributed by atoms with E-state index in [1.54, 1.807) is 12.1 Å². The number of benzene rings is 1. The maximum Gasteiger partial charge on any atom is 0.155 e. The summed E-state index contributed by atoms with van der Waals surface area (Å²) >= 11 is 3.39. The molecule has 1 nitrogen and oxygen atoms in total. The van der Waals surface area contributed by atoms with Gasteiger partial charge in [0.1, 0.15) is 5.82 Å². The SMILES string of the molecule is O=C1C=C(Cc2cc(F)ccc2Br)CCC1. The fourth-order valence-corrected chi connectivity index (χ4v) is 2.31. The Bertz CT molecular complexity index is 451. The molecule has 84 valence electrons. The van der Waals surface area contributed by atoms with Gasteiger partial charge in [-0.15, -0.1) is 0 Å². The van der Waals surface area contributed by atoms with Gasteiger partial charge in [-0.2, -0.15) is 0 Å². The average molecular weight is 283 g/mol. The third kappa shape index (κ3) is 2.79. The van der Waals surface area contributed by atoms with Crippen molar-refractivity contribution in [3.63, 3.8) is 0 Å². The first-order valence-corrected chi connectivity index (χ1v) is 6.10. The van der Waals surface area contributed by atoms with Gasteiger partial charge in [-0.05, 0) is 49.1 Å². The summed E-state index contributed by atoms with van der Waals surface area (Å²) in [6.07, 6.45) is 4.87. The molecule has 1 aliphatic rings. The highest BCUT2D eigenvalue weighted by molar-refractivity contribution is 9.10. The monoisotopic (exact) mass is 282 g/mol. The molecular weight excluding hydrogens is 271 g/mol. The fourth-order valence-electron chi connectivity index (χ4n) is 1.92. The average Bonchev–Trinajstić information content (AvgIpc) is 2.24. The second-order valence-corrected chi connectivity index (χ2v) is 4.89. The van der Waals surface area contributed by atoms with E-state index in [0.717, 1.165) is 28.5 Å². The van der Waals surface area contributed by atoms with Crippen molar-refractivity contribution in [2.24, 2.45) is 0 Å². The van der Waals surface area contributed by atoms with Gasteiger partial charge < -0.3 is 0 Å². The number of ketones is 1. The van der Waals surface area contributed by atoms with Gasteiger partial charge in [0.05, 0.1) is 0 Å². The molecule has 0 N–H and O–H groups in total. The Morgan fingerprint density at radius 3 is 2.88 bits per heavy atom. The van der Waals surface area contributed by atoms with Crippen molar-refractivity contribution in [3.8, 4) is 0 Å². The molecule has 0 saturated carbocycles. The van der Waals surface area contributed by atoms with Crippen LogP contribution in [0, 0.1) is 5.82 Å². The van der Waals surface area contributed by atoms with Gasteiger partial charge in [-0.25, -0.2) is 4.39 Å². The van der Waals surface area contributed by atoms with E-state index in [4.69, 9.17) is 0 Å². The van der Waals surface area contributed by atoms with Crippen LogP contribution in [0.3, 0.4) is 0 Å². The zero-order valence-electron chi connectivity index (χ0n) is 8.80. The van der Waals surface area contributed by atoms with Crippen LogP contribution < -0.4 is 0 Å². The number of hydrogen-bond acceptors (Lipinski definition) is 1. The summed E-state index contributed by atoms with van der Waals surface area (Å²) in [5, 5.41) is 0. The molecule has 1 aromatic rings. The summed E-state index contributed by atoms with van der Waals surface area (Å²) in [5.74, 6) is -0.0466. The van der Waals surface area contributed by atoms with Crippen molar-refractivity contribution < 1.29 is 9.18 Å². The molecule has 0 atom stereocenters. The summed E-state index contributed by atoms with van der Waals surface area (Å²) in [6, 6.07) is 4.65. The Morgan fingerprint density at radius 2 is 2.12 bits per heavy atom. The minimum absolute atomic E-state index is 0.189. The Labute approximate surface area is 102 Å². The van der Waals surface area contributed by atoms with Gasteiger partial charge in [-0.3, -0.25) is 4.79 Å². The molecule has 0 aliphatic heterocycles. The molecular formula is C13H12BrFO. The molecule has 0 radical (unpaired) electrons. The lowest BCUT2D eigenvalue weighted by Gasteiger charge is -2.12. The third-order valence-electron chi connectivity index (χ3n) is 2.71. The summed E-state index contributed by atoms with van der Waals surface area (Å²) in [5.41, 5.74) is 2.00. The normalized spacial score (nSPS) is 16.1. The van der Waals surface area contributed by atoms with E-state index in [-0.39, 0.29) is 11.6 Å². The molecule has 1 aromatic carbocycles. The van der Waals surface area contributed by atoms with Gasteiger partial charge in [0.25, 0.3) is 0 Å². The van der Waals surface area contributed by atoms with Crippen molar-refractivity contribution >= 4 is 21.7 Å². The van der Waals surface area contributed by atoms with Crippen molar-refractivity contribution in [2.45, 2.75) is 25.7 Å². The van der Waals surface area contributed by atoms with Crippen LogP contribution in [0.1, 0.15) is 24.8 Å². The number of carbonyl (C=O) groups is 1. The van der Waals surface area contributed by atoms with E-state index in [2.05, 4.69) is 15.9 Å². The van der Waals surface area contributed by atoms with E-state index in [1.807, 2.05) is 0 Å². The largest absolute Gasteiger partial charge is 0.295 e. The second-order valence-electron chi connectivity index (χ2n) is 4.03. The Kier molecular flexibility index (Phi) is 3.54. The van der Waals surface area contributed by atoms with Gasteiger partial charge in [-0.1, -0.05) is 21.5 Å². The predicted octanol–water partition coefficient (Wildman–Crippen LogP) is 3.81. The molecule has 0 saturated heterocycles. The lowest BCUT2D eigenvalue weighted by molar-refractivity contribution is -0.115. The lowest BCUT2D eigenvalue weighted by Crippen LogP contribution is -2.05. The number of halogens is 2. The topological polar surface area (TPSA) is 17.1 Å². The molecule has 1 aliphatic carbocycles. The maximum atomic E-state index is 13.1. The molecule has 3 heteroatoms. The molecule has 0 aromatic heterocycles. The minimum Gasteiger partial charge on any atom is -0.295 e. The van der Waals surface area contributed by atoms with Gasteiger partial charge >= 0.3 is 0 Å². The fraction of sp³-hybridized carbons (Fsp3) is 0.308. The molecule has 2 rings (SSSR count). The van der Waals surface area contributed by atoms with Crippen molar-refractivity contribution in [1.29, 1.82) is 0 Å². The van der Waals surface area contributed by atoms with E-state index in [0.29, 0.717) is 12.8 Å². The van der Waals surface area contributed by atoms with Crippen LogP contribution >= 0.6 is 15.9 Å². The Morgan fingerprint density at radius 1 is 1.31 bits per heavy atom. The summed E-state index contributed by atoms with van der Waals surface area (Å²) < 4.78 is 14.0. The smallest absolute Gasteiger partial charge is 0.155 e. The van der Waals surface area contributed by atoms with Crippen LogP contribution in [0.4, 0.5) is 4.39 Å². The van der Waals surface area contributed by atoms with Crippen LogP contribution in [-0.4, -0.2) is 5.78 Å².